The number of aromatic nitrogens is 2. The van der Waals surface area contributed by atoms with E-state index in [9.17, 15) is 4.79 Å². The maximum Gasteiger partial charge on any atom is 0.326 e. The Balaban J connectivity index is 0.00000225. The fourth-order valence-corrected chi connectivity index (χ4v) is 1.34. The molecule has 6 heteroatoms. The van der Waals surface area contributed by atoms with Crippen molar-refractivity contribution in [2.24, 2.45) is 5.73 Å². The molecule has 1 atom stereocenters. The number of nitrogens with one attached hydrogen (secondary N) is 1. The van der Waals surface area contributed by atoms with Crippen LogP contribution >= 0.6 is 12.4 Å². The zero-order chi connectivity index (χ0) is 11.3. The molecule has 0 radical (unpaired) electrons. The molecule has 1 rings (SSSR count). The van der Waals surface area contributed by atoms with E-state index in [0.29, 0.717) is 19.4 Å². The Morgan fingerprint density at radius 2 is 2.31 bits per heavy atom. The molecule has 0 aromatic carbocycles. The number of rotatable bonds is 5. The fourth-order valence-electron chi connectivity index (χ4n) is 1.34. The number of nitrogens with two attached hydrogens (primary N) is 1. The zero-order valence-corrected chi connectivity index (χ0v) is 10.3. The Hall–Kier alpha value is -1.07. The topological polar surface area (TPSA) is 81.0 Å². The largest absolute Gasteiger partial charge is 0.465 e. The summed E-state index contributed by atoms with van der Waals surface area (Å²) in [6.07, 6.45) is 4.18. The number of hydrogen-bond donors (Lipinski definition) is 2. The van der Waals surface area contributed by atoms with E-state index in [-0.39, 0.29) is 18.4 Å². The van der Waals surface area contributed by atoms with Gasteiger partial charge in [-0.05, 0) is 13.3 Å². The van der Waals surface area contributed by atoms with E-state index in [1.165, 1.54) is 0 Å². The molecule has 0 amide bonds. The van der Waals surface area contributed by atoms with Crippen LogP contribution in [-0.4, -0.2) is 28.1 Å². The van der Waals surface area contributed by atoms with Gasteiger partial charge in [0.25, 0.3) is 0 Å². The second-order valence-electron chi connectivity index (χ2n) is 3.48. The van der Waals surface area contributed by atoms with Gasteiger partial charge in [-0.3, -0.25) is 4.79 Å². The highest BCUT2D eigenvalue weighted by Gasteiger charge is 2.34. The summed E-state index contributed by atoms with van der Waals surface area (Å²) in [5, 5.41) is 0. The maximum atomic E-state index is 11.6. The van der Waals surface area contributed by atoms with Gasteiger partial charge in [-0.2, -0.15) is 0 Å². The molecule has 0 fully saturated rings. The summed E-state index contributed by atoms with van der Waals surface area (Å²) in [5.74, 6) is -0.359. The Morgan fingerprint density at radius 1 is 1.62 bits per heavy atom. The molecule has 92 valence electrons. The predicted octanol–water partition coefficient (Wildman–Crippen LogP) is 1.04. The van der Waals surface area contributed by atoms with Crippen LogP contribution in [0.5, 0.6) is 0 Å². The number of H-pyrrole nitrogens is 1. The standard InChI is InChI=1S/C10H17N3O2.ClH/c1-3-10(11,9(14)15-4-2)5-8-6-12-7-13-8;/h6-7H,3-5,11H2,1-2H3,(H,12,13);1H. The van der Waals surface area contributed by atoms with Crippen LogP contribution in [0.4, 0.5) is 0 Å². The molecule has 0 saturated carbocycles. The van der Waals surface area contributed by atoms with Crippen LogP contribution in [0.1, 0.15) is 26.0 Å². The third-order valence-corrected chi connectivity index (χ3v) is 2.37. The van der Waals surface area contributed by atoms with Crippen molar-refractivity contribution in [2.45, 2.75) is 32.2 Å². The highest BCUT2D eigenvalue weighted by molar-refractivity contribution is 5.85. The van der Waals surface area contributed by atoms with Crippen LogP contribution in [0.3, 0.4) is 0 Å². The number of carbonyl (C=O) groups excluding carboxylic acids is 1. The molecular formula is C10H18ClN3O2. The van der Waals surface area contributed by atoms with Gasteiger partial charge in [0.15, 0.2) is 0 Å². The zero-order valence-electron chi connectivity index (χ0n) is 9.53. The summed E-state index contributed by atoms with van der Waals surface area (Å²) in [6, 6.07) is 0. The quantitative estimate of drug-likeness (QED) is 0.762. The highest BCUT2D eigenvalue weighted by Crippen LogP contribution is 2.14. The Morgan fingerprint density at radius 3 is 2.75 bits per heavy atom. The Labute approximate surface area is 101 Å². The van der Waals surface area contributed by atoms with Crippen LogP contribution in [-0.2, 0) is 16.0 Å². The maximum absolute atomic E-state index is 11.6. The highest BCUT2D eigenvalue weighted by atomic mass is 35.5. The van der Waals surface area contributed by atoms with E-state index >= 15 is 0 Å². The van der Waals surface area contributed by atoms with E-state index < -0.39 is 5.54 Å². The summed E-state index contributed by atoms with van der Waals surface area (Å²) in [5.41, 5.74) is 5.88. The number of hydrogen-bond acceptors (Lipinski definition) is 4. The first-order chi connectivity index (χ1) is 7.12. The molecule has 1 heterocycles. The average Bonchev–Trinajstić information content (AvgIpc) is 2.70. The summed E-state index contributed by atoms with van der Waals surface area (Å²) in [6.45, 7) is 3.98. The van der Waals surface area contributed by atoms with Crippen molar-refractivity contribution in [3.8, 4) is 0 Å². The van der Waals surface area contributed by atoms with Gasteiger partial charge in [-0.25, -0.2) is 4.98 Å². The molecule has 1 aromatic rings. The summed E-state index contributed by atoms with van der Waals surface area (Å²) in [7, 11) is 0. The van der Waals surface area contributed by atoms with E-state index in [4.69, 9.17) is 10.5 Å². The van der Waals surface area contributed by atoms with Gasteiger partial charge >= 0.3 is 5.97 Å². The number of imidazole rings is 1. The number of nitrogens with zero attached hydrogens (tertiary/aromatic N) is 1. The molecule has 0 aliphatic rings. The van der Waals surface area contributed by atoms with Gasteiger partial charge in [-0.1, -0.05) is 6.92 Å². The van der Waals surface area contributed by atoms with Crippen LogP contribution in [0.2, 0.25) is 0 Å². The number of halogens is 1. The first-order valence-corrected chi connectivity index (χ1v) is 5.05. The SMILES string of the molecule is CCOC(=O)C(N)(CC)Cc1cnc[nH]1.Cl. The van der Waals surface area contributed by atoms with Crippen molar-refractivity contribution < 1.29 is 9.53 Å². The molecule has 0 spiro atoms. The van der Waals surface area contributed by atoms with Crippen LogP contribution in [0.15, 0.2) is 12.5 Å². The van der Waals surface area contributed by atoms with Crippen molar-refractivity contribution in [2.75, 3.05) is 6.61 Å². The number of ether oxygens (including phenoxy) is 1. The average molecular weight is 248 g/mol. The van der Waals surface area contributed by atoms with Gasteiger partial charge in [0, 0.05) is 18.3 Å². The van der Waals surface area contributed by atoms with Crippen molar-refractivity contribution in [3.05, 3.63) is 18.2 Å². The van der Waals surface area contributed by atoms with E-state index in [0.717, 1.165) is 5.69 Å². The molecule has 5 nitrogen and oxygen atoms in total. The van der Waals surface area contributed by atoms with Crippen molar-refractivity contribution >= 4 is 18.4 Å². The molecule has 0 saturated heterocycles. The lowest BCUT2D eigenvalue weighted by molar-refractivity contribution is -0.149. The molecule has 3 N–H and O–H groups in total. The predicted molar refractivity (Wildman–Crippen MR) is 63.4 cm³/mol. The molecule has 0 aliphatic heterocycles. The second-order valence-corrected chi connectivity index (χ2v) is 3.48. The van der Waals surface area contributed by atoms with E-state index in [2.05, 4.69) is 9.97 Å². The second kappa shape index (κ2) is 6.50. The minimum absolute atomic E-state index is 0. The first-order valence-electron chi connectivity index (χ1n) is 5.05. The minimum atomic E-state index is -0.956. The molecule has 0 bridgehead atoms. The van der Waals surface area contributed by atoms with Crippen LogP contribution in [0.25, 0.3) is 0 Å². The Bertz CT molecular complexity index is 316. The minimum Gasteiger partial charge on any atom is -0.465 e. The molecule has 1 aromatic heterocycles. The summed E-state index contributed by atoms with van der Waals surface area (Å²) < 4.78 is 4.95. The number of esters is 1. The van der Waals surface area contributed by atoms with Gasteiger partial charge in [0.05, 0.1) is 12.9 Å². The lowest BCUT2D eigenvalue weighted by Gasteiger charge is -2.24. The lowest BCUT2D eigenvalue weighted by atomic mass is 9.92. The summed E-state index contributed by atoms with van der Waals surface area (Å²) >= 11 is 0. The Kier molecular flexibility index (Phi) is 6.06. The molecule has 0 aliphatic carbocycles. The monoisotopic (exact) mass is 247 g/mol. The van der Waals surface area contributed by atoms with E-state index in [1.54, 1.807) is 19.4 Å². The number of aromatic amines is 1. The van der Waals surface area contributed by atoms with Crippen LogP contribution in [0, 0.1) is 0 Å². The molecular weight excluding hydrogens is 230 g/mol. The van der Waals surface area contributed by atoms with Gasteiger partial charge in [0.2, 0.25) is 0 Å². The summed E-state index contributed by atoms with van der Waals surface area (Å²) in [4.78, 5) is 18.4. The van der Waals surface area contributed by atoms with Crippen molar-refractivity contribution in [3.63, 3.8) is 0 Å². The third kappa shape index (κ3) is 3.50. The molecule has 16 heavy (non-hydrogen) atoms. The van der Waals surface area contributed by atoms with Crippen LogP contribution < -0.4 is 5.73 Å². The van der Waals surface area contributed by atoms with Gasteiger partial charge in [0.1, 0.15) is 5.54 Å². The van der Waals surface area contributed by atoms with Gasteiger partial charge in [-0.15, -0.1) is 12.4 Å². The smallest absolute Gasteiger partial charge is 0.326 e. The van der Waals surface area contributed by atoms with Crippen molar-refractivity contribution in [1.82, 2.24) is 9.97 Å². The third-order valence-electron chi connectivity index (χ3n) is 2.37. The fraction of sp³-hybridized carbons (Fsp3) is 0.600. The first kappa shape index (κ1) is 14.9. The van der Waals surface area contributed by atoms with Crippen molar-refractivity contribution in [1.29, 1.82) is 0 Å². The lowest BCUT2D eigenvalue weighted by Crippen LogP contribution is -2.50. The molecule has 1 unspecified atom stereocenters. The number of carbonyl (C=O) groups is 1. The van der Waals surface area contributed by atoms with E-state index in [1.807, 2.05) is 6.92 Å². The normalized spacial score (nSPS) is 13.7. The van der Waals surface area contributed by atoms with Gasteiger partial charge < -0.3 is 15.5 Å².